The van der Waals surface area contributed by atoms with Gasteiger partial charge in [0.25, 0.3) is 0 Å². The van der Waals surface area contributed by atoms with Crippen LogP contribution in [-0.2, 0) is 16.1 Å². The number of carbonyl (C=O) groups is 2. The number of para-hydroxylation sites is 2. The average Bonchev–Trinajstić information content (AvgIpc) is 3.62. The predicted molar refractivity (Wildman–Crippen MR) is 140 cm³/mol. The number of fused-ring (bicyclic) bond motifs is 2. The predicted octanol–water partition coefficient (Wildman–Crippen LogP) is 6.78. The minimum absolute atomic E-state index is 0.0448. The van der Waals surface area contributed by atoms with Crippen LogP contribution >= 0.6 is 0 Å². The highest BCUT2D eigenvalue weighted by molar-refractivity contribution is 6.01. The third-order valence-corrected chi connectivity index (χ3v) is 8.37. The van der Waals surface area contributed by atoms with Crippen molar-refractivity contribution in [3.63, 3.8) is 0 Å². The standard InChI is InChI=1S/C30H29F3N2O6/c31-30(32,33)40-24-8-4-2-6-21(24)26-22(27(41-35-26)16-9-10-16)15-39-19-13-17-11-12-18(14-19)25(17)28(36)34-23-7-3-1-5-20(23)29(37)38/h1-8,16-19,25H,9-15H2,(H,34,36)(H,37,38). The van der Waals surface area contributed by atoms with E-state index in [2.05, 4.69) is 15.2 Å². The van der Waals surface area contributed by atoms with Gasteiger partial charge >= 0.3 is 12.3 Å². The van der Waals surface area contributed by atoms with E-state index in [1.165, 1.54) is 24.3 Å². The van der Waals surface area contributed by atoms with Crippen LogP contribution in [0.4, 0.5) is 18.9 Å². The van der Waals surface area contributed by atoms with Crippen LogP contribution in [0.5, 0.6) is 5.75 Å². The summed E-state index contributed by atoms with van der Waals surface area (Å²) < 4.78 is 55.5. The first kappa shape index (κ1) is 27.3. The van der Waals surface area contributed by atoms with Crippen LogP contribution in [-0.4, -0.2) is 34.6 Å². The average molecular weight is 571 g/mol. The number of ether oxygens (including phenoxy) is 2. The zero-order chi connectivity index (χ0) is 28.7. The van der Waals surface area contributed by atoms with Gasteiger partial charge in [-0.3, -0.25) is 4.79 Å². The molecule has 6 rings (SSSR count). The Hall–Kier alpha value is -3.86. The van der Waals surface area contributed by atoms with E-state index in [1.807, 2.05) is 0 Å². The lowest BCUT2D eigenvalue weighted by Gasteiger charge is -2.34. The zero-order valence-corrected chi connectivity index (χ0v) is 22.0. The van der Waals surface area contributed by atoms with Gasteiger partial charge < -0.3 is 24.4 Å². The molecule has 2 aromatic carbocycles. The lowest BCUT2D eigenvalue weighted by Crippen LogP contribution is -2.38. The molecule has 2 unspecified atom stereocenters. The second kappa shape index (κ2) is 10.8. The molecule has 3 fully saturated rings. The van der Waals surface area contributed by atoms with Gasteiger partial charge in [-0.15, -0.1) is 13.2 Å². The molecule has 2 bridgehead atoms. The fraction of sp³-hybridized carbons (Fsp3) is 0.433. The molecule has 2 N–H and O–H groups in total. The summed E-state index contributed by atoms with van der Waals surface area (Å²) in [6.07, 6.45) is -0.108. The van der Waals surface area contributed by atoms with Crippen molar-refractivity contribution in [2.45, 2.75) is 63.5 Å². The smallest absolute Gasteiger partial charge is 0.478 e. The van der Waals surface area contributed by atoms with Crippen molar-refractivity contribution in [3.05, 3.63) is 65.4 Å². The van der Waals surface area contributed by atoms with Gasteiger partial charge in [-0.1, -0.05) is 29.4 Å². The number of hydrogen-bond acceptors (Lipinski definition) is 6. The van der Waals surface area contributed by atoms with Crippen LogP contribution in [0.15, 0.2) is 53.1 Å². The van der Waals surface area contributed by atoms with E-state index in [1.54, 1.807) is 24.3 Å². The SMILES string of the molecule is O=C(O)c1ccccc1NC(=O)C1C2CCC1CC(OCc1c(-c3ccccc3OC(F)(F)F)noc1C1CC1)C2. The maximum Gasteiger partial charge on any atom is 0.573 e. The van der Waals surface area contributed by atoms with E-state index in [-0.39, 0.29) is 70.5 Å². The molecule has 3 saturated carbocycles. The maximum atomic E-state index is 13.3. The van der Waals surface area contributed by atoms with E-state index in [9.17, 15) is 27.9 Å². The molecule has 216 valence electrons. The van der Waals surface area contributed by atoms with Crippen LogP contribution in [0.3, 0.4) is 0 Å². The van der Waals surface area contributed by atoms with E-state index in [0.717, 1.165) is 25.7 Å². The van der Waals surface area contributed by atoms with Gasteiger partial charge in [-0.25, -0.2) is 4.79 Å². The van der Waals surface area contributed by atoms with Gasteiger partial charge in [0.2, 0.25) is 5.91 Å². The van der Waals surface area contributed by atoms with Crippen LogP contribution in [0.25, 0.3) is 11.3 Å². The largest absolute Gasteiger partial charge is 0.573 e. The highest BCUT2D eigenvalue weighted by Gasteiger charge is 2.47. The van der Waals surface area contributed by atoms with Gasteiger partial charge in [0, 0.05) is 23.0 Å². The van der Waals surface area contributed by atoms with Gasteiger partial charge in [0.05, 0.1) is 24.0 Å². The minimum atomic E-state index is -4.85. The first-order valence-corrected chi connectivity index (χ1v) is 13.8. The number of rotatable bonds is 9. The number of benzene rings is 2. The Kier molecular flexibility index (Phi) is 7.23. The van der Waals surface area contributed by atoms with E-state index >= 15 is 0 Å². The number of nitrogens with zero attached hydrogens (tertiary/aromatic N) is 1. The Morgan fingerprint density at radius 3 is 2.37 bits per heavy atom. The third-order valence-electron chi connectivity index (χ3n) is 8.37. The number of nitrogens with one attached hydrogen (secondary N) is 1. The van der Waals surface area contributed by atoms with Crippen molar-refractivity contribution < 1.29 is 41.9 Å². The second-order valence-corrected chi connectivity index (χ2v) is 11.1. The number of alkyl halides is 3. The van der Waals surface area contributed by atoms with Crippen LogP contribution in [0.1, 0.15) is 66.1 Å². The van der Waals surface area contributed by atoms with Gasteiger partial charge in [-0.05, 0) is 74.6 Å². The summed E-state index contributed by atoms with van der Waals surface area (Å²) in [5.74, 6) is -0.912. The number of carbonyl (C=O) groups excluding carboxylic acids is 1. The summed E-state index contributed by atoms with van der Waals surface area (Å²) in [5, 5.41) is 16.4. The zero-order valence-electron chi connectivity index (χ0n) is 22.0. The van der Waals surface area contributed by atoms with E-state index < -0.39 is 12.3 Å². The molecule has 41 heavy (non-hydrogen) atoms. The summed E-state index contributed by atoms with van der Waals surface area (Å²) in [4.78, 5) is 24.8. The number of anilines is 1. The lowest BCUT2D eigenvalue weighted by atomic mass is 9.76. The maximum absolute atomic E-state index is 13.3. The molecule has 0 aliphatic heterocycles. The Labute approximate surface area is 233 Å². The number of hydrogen-bond donors (Lipinski definition) is 2. The van der Waals surface area contributed by atoms with E-state index in [4.69, 9.17) is 9.26 Å². The highest BCUT2D eigenvalue weighted by Crippen LogP contribution is 2.49. The number of halogens is 3. The first-order valence-electron chi connectivity index (χ1n) is 13.8. The van der Waals surface area contributed by atoms with Crippen LogP contribution in [0.2, 0.25) is 0 Å². The van der Waals surface area contributed by atoms with Crippen molar-refractivity contribution in [3.8, 4) is 17.0 Å². The van der Waals surface area contributed by atoms with Crippen LogP contribution < -0.4 is 10.1 Å². The minimum Gasteiger partial charge on any atom is -0.478 e. The van der Waals surface area contributed by atoms with Crippen molar-refractivity contribution in [1.82, 2.24) is 5.16 Å². The molecule has 0 radical (unpaired) electrons. The molecule has 0 spiro atoms. The summed E-state index contributed by atoms with van der Waals surface area (Å²) in [7, 11) is 0. The molecule has 8 nitrogen and oxygen atoms in total. The number of aromatic carboxylic acids is 1. The molecular formula is C30H29F3N2O6. The summed E-state index contributed by atoms with van der Waals surface area (Å²) in [5.41, 5.74) is 1.41. The molecule has 3 aliphatic carbocycles. The van der Waals surface area contributed by atoms with Crippen molar-refractivity contribution in [2.24, 2.45) is 17.8 Å². The Morgan fingerprint density at radius 1 is 1.00 bits per heavy atom. The topological polar surface area (TPSA) is 111 Å². The molecular weight excluding hydrogens is 541 g/mol. The Morgan fingerprint density at radius 2 is 1.68 bits per heavy atom. The summed E-state index contributed by atoms with van der Waals surface area (Å²) in [6, 6.07) is 12.2. The Balaban J connectivity index is 1.16. The molecule has 1 aromatic heterocycles. The van der Waals surface area contributed by atoms with Crippen LogP contribution in [0, 0.1) is 17.8 Å². The van der Waals surface area contributed by atoms with Crippen molar-refractivity contribution in [1.29, 1.82) is 0 Å². The monoisotopic (exact) mass is 570 g/mol. The quantitative estimate of drug-likeness (QED) is 0.292. The second-order valence-electron chi connectivity index (χ2n) is 11.1. The van der Waals surface area contributed by atoms with Crippen molar-refractivity contribution in [2.75, 3.05) is 5.32 Å². The molecule has 2 atom stereocenters. The highest BCUT2D eigenvalue weighted by atomic mass is 19.4. The van der Waals surface area contributed by atoms with Gasteiger partial charge in [0.1, 0.15) is 17.2 Å². The molecule has 0 saturated heterocycles. The van der Waals surface area contributed by atoms with Gasteiger partial charge in [0.15, 0.2) is 0 Å². The normalized spacial score (nSPS) is 23.8. The molecule has 11 heteroatoms. The van der Waals surface area contributed by atoms with E-state index in [0.29, 0.717) is 24.2 Å². The molecule has 3 aromatic rings. The Bertz CT molecular complexity index is 1440. The number of aromatic nitrogens is 1. The number of carboxylic acid groups (broad SMARTS) is 1. The molecule has 1 heterocycles. The fourth-order valence-electron chi connectivity index (χ4n) is 6.45. The van der Waals surface area contributed by atoms with Gasteiger partial charge in [-0.2, -0.15) is 0 Å². The fourth-order valence-corrected chi connectivity index (χ4v) is 6.45. The number of amides is 1. The number of carboxylic acids is 1. The summed E-state index contributed by atoms with van der Waals surface area (Å²) in [6.45, 7) is 0.123. The molecule has 3 aliphatic rings. The third kappa shape index (κ3) is 5.81. The summed E-state index contributed by atoms with van der Waals surface area (Å²) >= 11 is 0. The van der Waals surface area contributed by atoms with Crippen molar-refractivity contribution >= 4 is 17.6 Å². The first-order chi connectivity index (χ1) is 19.7. The lowest BCUT2D eigenvalue weighted by molar-refractivity contribution is -0.274. The molecule has 1 amide bonds.